The van der Waals surface area contributed by atoms with Gasteiger partial charge >= 0.3 is 0 Å². The highest BCUT2D eigenvalue weighted by Crippen LogP contribution is 2.15. The van der Waals surface area contributed by atoms with E-state index in [4.69, 9.17) is 10.5 Å². The second-order valence-electron chi connectivity index (χ2n) is 6.12. The smallest absolute Gasteiger partial charge is 0.224 e. The molecule has 0 bridgehead atoms. The lowest BCUT2D eigenvalue weighted by Gasteiger charge is -2.17. The first-order valence-corrected chi connectivity index (χ1v) is 7.15. The van der Waals surface area contributed by atoms with E-state index in [1.54, 1.807) is 6.20 Å². The van der Waals surface area contributed by atoms with Crippen molar-refractivity contribution >= 4 is 11.6 Å². The molecule has 0 spiro atoms. The summed E-state index contributed by atoms with van der Waals surface area (Å²) in [7, 11) is 0. The molecule has 0 aromatic carbocycles. The highest BCUT2D eigenvalue weighted by atomic mass is 16.5. The van der Waals surface area contributed by atoms with Crippen molar-refractivity contribution in [3.05, 3.63) is 12.4 Å². The normalized spacial score (nSPS) is 19.2. The Morgan fingerprint density at radius 2 is 2.45 bits per heavy atom. The first kappa shape index (κ1) is 15.0. The van der Waals surface area contributed by atoms with Crippen molar-refractivity contribution in [2.45, 2.75) is 57.7 Å². The zero-order valence-electron chi connectivity index (χ0n) is 12.3. The van der Waals surface area contributed by atoms with E-state index < -0.39 is 0 Å². The number of ether oxygens (including phenoxy) is 1. The first-order valence-electron chi connectivity index (χ1n) is 7.15. The van der Waals surface area contributed by atoms with Crippen LogP contribution in [0.25, 0.3) is 0 Å². The Kier molecular flexibility index (Phi) is 4.77. The lowest BCUT2D eigenvalue weighted by molar-refractivity contribution is -0.116. The van der Waals surface area contributed by atoms with Crippen LogP contribution >= 0.6 is 0 Å². The predicted molar refractivity (Wildman–Crippen MR) is 77.3 cm³/mol. The largest absolute Gasteiger partial charge is 0.376 e. The minimum Gasteiger partial charge on any atom is -0.376 e. The van der Waals surface area contributed by atoms with Gasteiger partial charge in [0.15, 0.2) is 0 Å². The van der Waals surface area contributed by atoms with Gasteiger partial charge in [-0.15, -0.1) is 0 Å². The molecule has 1 aromatic rings. The molecule has 0 saturated carbocycles. The van der Waals surface area contributed by atoms with Gasteiger partial charge in [-0.2, -0.15) is 5.10 Å². The Balaban J connectivity index is 1.78. The SMILES string of the molecule is CC(C)(N)CCC(=O)Nc1cnn(CC2CCCO2)c1. The van der Waals surface area contributed by atoms with Crippen molar-refractivity contribution < 1.29 is 9.53 Å². The Morgan fingerprint density at radius 3 is 3.10 bits per heavy atom. The molecule has 1 aliphatic rings. The second-order valence-corrected chi connectivity index (χ2v) is 6.12. The number of anilines is 1. The van der Waals surface area contributed by atoms with Crippen LogP contribution in [0, 0.1) is 0 Å². The van der Waals surface area contributed by atoms with E-state index in [2.05, 4.69) is 10.4 Å². The lowest BCUT2D eigenvalue weighted by Crippen LogP contribution is -2.33. The number of carbonyl (C=O) groups excluding carboxylic acids is 1. The van der Waals surface area contributed by atoms with Gasteiger partial charge in [-0.3, -0.25) is 9.48 Å². The molecule has 0 radical (unpaired) electrons. The molecule has 1 aromatic heterocycles. The molecular weight excluding hydrogens is 256 g/mol. The van der Waals surface area contributed by atoms with E-state index in [0.29, 0.717) is 12.8 Å². The van der Waals surface area contributed by atoms with Crippen LogP contribution in [0.3, 0.4) is 0 Å². The summed E-state index contributed by atoms with van der Waals surface area (Å²) in [5, 5.41) is 7.08. The van der Waals surface area contributed by atoms with Gasteiger partial charge in [0.1, 0.15) is 0 Å². The van der Waals surface area contributed by atoms with Crippen molar-refractivity contribution in [3.8, 4) is 0 Å². The Bertz CT molecular complexity index is 444. The summed E-state index contributed by atoms with van der Waals surface area (Å²) in [6.45, 7) is 5.41. The molecule has 2 heterocycles. The molecule has 1 amide bonds. The fourth-order valence-corrected chi connectivity index (χ4v) is 2.18. The second kappa shape index (κ2) is 6.37. The highest BCUT2D eigenvalue weighted by Gasteiger charge is 2.17. The molecule has 112 valence electrons. The van der Waals surface area contributed by atoms with Crippen molar-refractivity contribution in [1.82, 2.24) is 9.78 Å². The number of aromatic nitrogens is 2. The quantitative estimate of drug-likeness (QED) is 0.827. The minimum absolute atomic E-state index is 0.0276. The standard InChI is InChI=1S/C14H24N4O2/c1-14(2,15)6-5-13(19)17-11-8-16-18(9-11)10-12-4-3-7-20-12/h8-9,12H,3-7,10,15H2,1-2H3,(H,17,19). The monoisotopic (exact) mass is 280 g/mol. The van der Waals surface area contributed by atoms with Gasteiger partial charge in [0, 0.05) is 24.8 Å². The average Bonchev–Trinajstić information content (AvgIpc) is 2.99. The first-order chi connectivity index (χ1) is 9.42. The third-order valence-electron chi connectivity index (χ3n) is 3.33. The molecule has 0 aliphatic carbocycles. The van der Waals surface area contributed by atoms with E-state index in [-0.39, 0.29) is 17.6 Å². The molecule has 3 N–H and O–H groups in total. The number of nitrogens with two attached hydrogens (primary N) is 1. The van der Waals surface area contributed by atoms with Gasteiger partial charge in [-0.05, 0) is 33.1 Å². The number of nitrogens with zero attached hydrogens (tertiary/aromatic N) is 2. The predicted octanol–water partition coefficient (Wildman–Crippen LogP) is 1.52. The van der Waals surface area contributed by atoms with E-state index in [0.717, 1.165) is 31.7 Å². The van der Waals surface area contributed by atoms with Crippen LogP contribution in [-0.4, -0.2) is 33.9 Å². The summed E-state index contributed by atoms with van der Waals surface area (Å²) in [5.74, 6) is -0.0276. The molecule has 1 unspecified atom stereocenters. The molecule has 6 nitrogen and oxygen atoms in total. The molecular formula is C14H24N4O2. The van der Waals surface area contributed by atoms with Crippen LogP contribution in [0.5, 0.6) is 0 Å². The van der Waals surface area contributed by atoms with E-state index in [1.165, 1.54) is 0 Å². The number of hydrogen-bond acceptors (Lipinski definition) is 4. The highest BCUT2D eigenvalue weighted by molar-refractivity contribution is 5.90. The van der Waals surface area contributed by atoms with Gasteiger partial charge < -0.3 is 15.8 Å². The van der Waals surface area contributed by atoms with Crippen LogP contribution < -0.4 is 11.1 Å². The summed E-state index contributed by atoms with van der Waals surface area (Å²) in [6.07, 6.45) is 7.02. The molecule has 1 saturated heterocycles. The topological polar surface area (TPSA) is 82.2 Å². The van der Waals surface area contributed by atoms with Gasteiger partial charge in [-0.1, -0.05) is 0 Å². The number of amides is 1. The fourth-order valence-electron chi connectivity index (χ4n) is 2.18. The molecule has 20 heavy (non-hydrogen) atoms. The molecule has 6 heteroatoms. The minimum atomic E-state index is -0.318. The Labute approximate surface area is 119 Å². The molecule has 1 aliphatic heterocycles. The molecule has 1 atom stereocenters. The van der Waals surface area contributed by atoms with E-state index in [9.17, 15) is 4.79 Å². The lowest BCUT2D eigenvalue weighted by atomic mass is 10.00. The maximum atomic E-state index is 11.8. The number of carbonyl (C=O) groups is 1. The van der Waals surface area contributed by atoms with Gasteiger partial charge in [0.2, 0.25) is 5.91 Å². The fraction of sp³-hybridized carbons (Fsp3) is 0.714. The zero-order valence-corrected chi connectivity index (χ0v) is 12.3. The van der Waals surface area contributed by atoms with E-state index in [1.807, 2.05) is 24.7 Å². The zero-order chi connectivity index (χ0) is 14.6. The summed E-state index contributed by atoms with van der Waals surface area (Å²) < 4.78 is 7.38. The summed E-state index contributed by atoms with van der Waals surface area (Å²) in [4.78, 5) is 11.8. The van der Waals surface area contributed by atoms with Gasteiger partial charge in [0.25, 0.3) is 0 Å². The summed E-state index contributed by atoms with van der Waals surface area (Å²) in [5.41, 5.74) is 6.27. The molecule has 2 rings (SSSR count). The summed E-state index contributed by atoms with van der Waals surface area (Å²) in [6, 6.07) is 0. The van der Waals surface area contributed by atoms with Crippen LogP contribution in [-0.2, 0) is 16.1 Å². The van der Waals surface area contributed by atoms with Crippen LogP contribution in [0.1, 0.15) is 39.5 Å². The maximum absolute atomic E-state index is 11.8. The van der Waals surface area contributed by atoms with Crippen molar-refractivity contribution in [1.29, 1.82) is 0 Å². The van der Waals surface area contributed by atoms with Crippen LogP contribution in [0.15, 0.2) is 12.4 Å². The number of rotatable bonds is 6. The summed E-state index contributed by atoms with van der Waals surface area (Å²) >= 11 is 0. The van der Waals surface area contributed by atoms with Gasteiger partial charge in [-0.25, -0.2) is 0 Å². The average molecular weight is 280 g/mol. The van der Waals surface area contributed by atoms with Crippen molar-refractivity contribution in [2.24, 2.45) is 5.73 Å². The third-order valence-corrected chi connectivity index (χ3v) is 3.33. The van der Waals surface area contributed by atoms with Gasteiger partial charge in [0.05, 0.1) is 24.5 Å². The van der Waals surface area contributed by atoms with Crippen molar-refractivity contribution in [3.63, 3.8) is 0 Å². The van der Waals surface area contributed by atoms with Crippen LogP contribution in [0.2, 0.25) is 0 Å². The maximum Gasteiger partial charge on any atom is 0.224 e. The Morgan fingerprint density at radius 1 is 1.65 bits per heavy atom. The third kappa shape index (κ3) is 4.94. The van der Waals surface area contributed by atoms with Crippen LogP contribution in [0.4, 0.5) is 5.69 Å². The Hall–Kier alpha value is -1.40. The van der Waals surface area contributed by atoms with E-state index >= 15 is 0 Å². The molecule has 1 fully saturated rings. The number of nitrogens with one attached hydrogen (secondary N) is 1. The van der Waals surface area contributed by atoms with Crippen molar-refractivity contribution in [2.75, 3.05) is 11.9 Å². The number of hydrogen-bond donors (Lipinski definition) is 2.